The fourth-order valence-electron chi connectivity index (χ4n) is 1.34. The SMILES string of the molecule is CN(CC(=O)O)Cc1cccc(C#N)c1. The molecule has 4 nitrogen and oxygen atoms in total. The van der Waals surface area contributed by atoms with Gasteiger partial charge >= 0.3 is 5.97 Å². The van der Waals surface area contributed by atoms with E-state index in [0.717, 1.165) is 5.56 Å². The quantitative estimate of drug-likeness (QED) is 0.796. The zero-order valence-electron chi connectivity index (χ0n) is 8.47. The van der Waals surface area contributed by atoms with Gasteiger partial charge in [0.25, 0.3) is 0 Å². The molecule has 1 aromatic carbocycles. The number of nitrogens with zero attached hydrogens (tertiary/aromatic N) is 2. The van der Waals surface area contributed by atoms with Crippen molar-refractivity contribution in [2.75, 3.05) is 13.6 Å². The van der Waals surface area contributed by atoms with Gasteiger partial charge in [-0.3, -0.25) is 9.69 Å². The summed E-state index contributed by atoms with van der Waals surface area (Å²) < 4.78 is 0. The van der Waals surface area contributed by atoms with Crippen LogP contribution in [0.4, 0.5) is 0 Å². The van der Waals surface area contributed by atoms with Crippen LogP contribution in [0.3, 0.4) is 0 Å². The minimum absolute atomic E-state index is 0.00319. The van der Waals surface area contributed by atoms with Crippen LogP contribution in [-0.2, 0) is 11.3 Å². The van der Waals surface area contributed by atoms with Crippen molar-refractivity contribution in [2.24, 2.45) is 0 Å². The zero-order chi connectivity index (χ0) is 11.3. The molecule has 0 radical (unpaired) electrons. The average molecular weight is 204 g/mol. The number of carbonyl (C=O) groups is 1. The summed E-state index contributed by atoms with van der Waals surface area (Å²) in [5.41, 5.74) is 1.54. The van der Waals surface area contributed by atoms with Crippen molar-refractivity contribution in [1.29, 1.82) is 5.26 Å². The predicted octanol–water partition coefficient (Wildman–Crippen LogP) is 1.07. The monoisotopic (exact) mass is 204 g/mol. The van der Waals surface area contributed by atoms with Crippen LogP contribution >= 0.6 is 0 Å². The van der Waals surface area contributed by atoms with Gasteiger partial charge in [0.1, 0.15) is 0 Å². The maximum atomic E-state index is 10.4. The molecule has 1 N–H and O–H groups in total. The van der Waals surface area contributed by atoms with Gasteiger partial charge in [0, 0.05) is 6.54 Å². The molecule has 0 aromatic heterocycles. The Labute approximate surface area is 88.4 Å². The van der Waals surface area contributed by atoms with Crippen molar-refractivity contribution in [3.63, 3.8) is 0 Å². The molecule has 0 fully saturated rings. The molecular weight excluding hydrogens is 192 g/mol. The third-order valence-electron chi connectivity index (χ3n) is 1.91. The maximum Gasteiger partial charge on any atom is 0.317 e. The zero-order valence-corrected chi connectivity index (χ0v) is 8.47. The van der Waals surface area contributed by atoms with Crippen LogP contribution in [0.1, 0.15) is 11.1 Å². The van der Waals surface area contributed by atoms with E-state index in [1.165, 1.54) is 0 Å². The molecule has 0 saturated carbocycles. The lowest BCUT2D eigenvalue weighted by Gasteiger charge is -2.13. The standard InChI is InChI=1S/C11H12N2O2/c1-13(8-11(14)15)7-10-4-2-3-9(5-10)6-12/h2-5H,7-8H2,1H3,(H,14,15). The molecule has 0 bridgehead atoms. The highest BCUT2D eigenvalue weighted by Gasteiger charge is 2.05. The summed E-state index contributed by atoms with van der Waals surface area (Å²) in [6.45, 7) is 0.526. The average Bonchev–Trinajstić information content (AvgIpc) is 2.16. The van der Waals surface area contributed by atoms with E-state index in [4.69, 9.17) is 10.4 Å². The van der Waals surface area contributed by atoms with Gasteiger partial charge in [-0.05, 0) is 24.7 Å². The molecule has 15 heavy (non-hydrogen) atoms. The minimum atomic E-state index is -0.853. The largest absolute Gasteiger partial charge is 0.480 e. The lowest BCUT2D eigenvalue weighted by atomic mass is 10.1. The fourth-order valence-corrected chi connectivity index (χ4v) is 1.34. The first-order valence-electron chi connectivity index (χ1n) is 4.51. The van der Waals surface area contributed by atoms with E-state index in [1.54, 1.807) is 30.1 Å². The van der Waals surface area contributed by atoms with Crippen molar-refractivity contribution in [3.8, 4) is 6.07 Å². The minimum Gasteiger partial charge on any atom is -0.480 e. The molecule has 1 rings (SSSR count). The molecule has 0 amide bonds. The smallest absolute Gasteiger partial charge is 0.317 e. The van der Waals surface area contributed by atoms with Crippen molar-refractivity contribution in [3.05, 3.63) is 35.4 Å². The Morgan fingerprint density at radius 3 is 2.93 bits per heavy atom. The number of hydrogen-bond acceptors (Lipinski definition) is 3. The van der Waals surface area contributed by atoms with Gasteiger partial charge in [0.2, 0.25) is 0 Å². The van der Waals surface area contributed by atoms with Crippen LogP contribution in [0.5, 0.6) is 0 Å². The number of carboxylic acid groups (broad SMARTS) is 1. The molecule has 1 aromatic rings. The molecular formula is C11H12N2O2. The van der Waals surface area contributed by atoms with Crippen LogP contribution in [-0.4, -0.2) is 29.6 Å². The number of aliphatic carboxylic acids is 1. The summed E-state index contributed by atoms with van der Waals surface area (Å²) >= 11 is 0. The lowest BCUT2D eigenvalue weighted by molar-refractivity contribution is -0.138. The van der Waals surface area contributed by atoms with E-state index in [2.05, 4.69) is 0 Å². The summed E-state index contributed by atoms with van der Waals surface area (Å²) in [5.74, 6) is -0.853. The highest BCUT2D eigenvalue weighted by molar-refractivity contribution is 5.69. The Morgan fingerprint density at radius 1 is 1.60 bits per heavy atom. The van der Waals surface area contributed by atoms with E-state index >= 15 is 0 Å². The molecule has 0 aliphatic rings. The molecule has 0 saturated heterocycles. The molecule has 0 atom stereocenters. The van der Waals surface area contributed by atoms with Gasteiger partial charge < -0.3 is 5.11 Å². The normalized spacial score (nSPS) is 9.93. The summed E-state index contributed by atoms with van der Waals surface area (Å²) in [5, 5.41) is 17.3. The van der Waals surface area contributed by atoms with Crippen molar-refractivity contribution in [1.82, 2.24) is 4.90 Å². The summed E-state index contributed by atoms with van der Waals surface area (Å²) in [7, 11) is 1.73. The van der Waals surface area contributed by atoms with E-state index in [9.17, 15) is 4.79 Å². The van der Waals surface area contributed by atoms with Crippen LogP contribution in [0.25, 0.3) is 0 Å². The molecule has 78 valence electrons. The van der Waals surface area contributed by atoms with Crippen LogP contribution < -0.4 is 0 Å². The Bertz CT molecular complexity index is 396. The van der Waals surface area contributed by atoms with Gasteiger partial charge in [0.15, 0.2) is 0 Å². The molecule has 0 spiro atoms. The van der Waals surface area contributed by atoms with E-state index in [0.29, 0.717) is 12.1 Å². The second-order valence-electron chi connectivity index (χ2n) is 3.38. The van der Waals surface area contributed by atoms with Crippen LogP contribution in [0, 0.1) is 11.3 Å². The molecule has 4 heteroatoms. The molecule has 0 heterocycles. The Balaban J connectivity index is 2.64. The molecule has 0 aliphatic heterocycles. The second-order valence-corrected chi connectivity index (χ2v) is 3.38. The van der Waals surface area contributed by atoms with Crippen molar-refractivity contribution in [2.45, 2.75) is 6.54 Å². The predicted molar refractivity (Wildman–Crippen MR) is 55.1 cm³/mol. The number of benzene rings is 1. The third-order valence-corrected chi connectivity index (χ3v) is 1.91. The van der Waals surface area contributed by atoms with Gasteiger partial charge in [-0.25, -0.2) is 0 Å². The van der Waals surface area contributed by atoms with E-state index in [1.807, 2.05) is 12.1 Å². The van der Waals surface area contributed by atoms with Crippen molar-refractivity contribution >= 4 is 5.97 Å². The third kappa shape index (κ3) is 3.79. The first kappa shape index (κ1) is 11.2. The number of carboxylic acids is 1. The molecule has 0 unspecified atom stereocenters. The summed E-state index contributed by atoms with van der Waals surface area (Å²) in [6.07, 6.45) is 0. The van der Waals surface area contributed by atoms with Gasteiger partial charge in [-0.15, -0.1) is 0 Å². The Hall–Kier alpha value is -1.86. The first-order chi connectivity index (χ1) is 7.11. The van der Waals surface area contributed by atoms with Gasteiger partial charge in [-0.2, -0.15) is 5.26 Å². The number of hydrogen-bond donors (Lipinski definition) is 1. The van der Waals surface area contributed by atoms with Crippen LogP contribution in [0.15, 0.2) is 24.3 Å². The molecule has 0 aliphatic carbocycles. The number of nitriles is 1. The van der Waals surface area contributed by atoms with Crippen molar-refractivity contribution < 1.29 is 9.90 Å². The summed E-state index contributed by atoms with van der Waals surface area (Å²) in [6, 6.07) is 9.20. The lowest BCUT2D eigenvalue weighted by Crippen LogP contribution is -2.25. The van der Waals surface area contributed by atoms with Gasteiger partial charge in [-0.1, -0.05) is 12.1 Å². The first-order valence-corrected chi connectivity index (χ1v) is 4.51. The summed E-state index contributed by atoms with van der Waals surface area (Å²) in [4.78, 5) is 12.1. The number of likely N-dealkylation sites (N-methyl/N-ethyl adjacent to an activating group) is 1. The van der Waals surface area contributed by atoms with E-state index < -0.39 is 5.97 Å². The Kier molecular flexibility index (Phi) is 3.83. The highest BCUT2D eigenvalue weighted by Crippen LogP contribution is 2.06. The number of rotatable bonds is 4. The highest BCUT2D eigenvalue weighted by atomic mass is 16.4. The second kappa shape index (κ2) is 5.13. The Morgan fingerprint density at radius 2 is 2.33 bits per heavy atom. The topological polar surface area (TPSA) is 64.3 Å². The van der Waals surface area contributed by atoms with E-state index in [-0.39, 0.29) is 6.54 Å². The fraction of sp³-hybridized carbons (Fsp3) is 0.273. The van der Waals surface area contributed by atoms with Gasteiger partial charge in [0.05, 0.1) is 18.2 Å². The van der Waals surface area contributed by atoms with Crippen LogP contribution in [0.2, 0.25) is 0 Å². The maximum absolute atomic E-state index is 10.4.